The smallest absolute Gasteiger partial charge is 0.153 e. The molecule has 0 N–H and O–H groups in total. The maximum Gasteiger partial charge on any atom is 0.153 e. The number of rotatable bonds is 2. The van der Waals surface area contributed by atoms with Crippen molar-refractivity contribution in [3.8, 4) is 11.3 Å². The number of hydrogen-bond donors (Lipinski definition) is 0. The van der Waals surface area contributed by atoms with Crippen LogP contribution in [0.1, 0.15) is 16.1 Å². The summed E-state index contributed by atoms with van der Waals surface area (Å²) in [6, 6.07) is 0. The topological polar surface area (TPSA) is 52.7 Å². The van der Waals surface area contributed by atoms with Crippen molar-refractivity contribution in [3.63, 3.8) is 0 Å². The van der Waals surface area contributed by atoms with E-state index in [9.17, 15) is 4.79 Å². The van der Waals surface area contributed by atoms with Gasteiger partial charge in [-0.1, -0.05) is 0 Å². The molecule has 2 aromatic rings. The lowest BCUT2D eigenvalue weighted by molar-refractivity contribution is 0.112. The van der Waals surface area contributed by atoms with Gasteiger partial charge in [-0.05, 0) is 6.92 Å². The van der Waals surface area contributed by atoms with Gasteiger partial charge >= 0.3 is 0 Å². The molecule has 15 heavy (non-hydrogen) atoms. The Hall–Kier alpha value is -1.91. The van der Waals surface area contributed by atoms with Gasteiger partial charge in [-0.2, -0.15) is 10.2 Å². The quantitative estimate of drug-likeness (QED) is 0.684. The highest BCUT2D eigenvalue weighted by Crippen LogP contribution is 2.23. The summed E-state index contributed by atoms with van der Waals surface area (Å²) >= 11 is 0. The Bertz CT molecular complexity index is 509. The molecular weight excluding hydrogens is 192 g/mol. The molecule has 0 amide bonds. The molecule has 0 saturated heterocycles. The van der Waals surface area contributed by atoms with Crippen LogP contribution in [-0.2, 0) is 14.1 Å². The number of carbonyl (C=O) groups is 1. The maximum absolute atomic E-state index is 10.9. The van der Waals surface area contributed by atoms with Crippen LogP contribution >= 0.6 is 0 Å². The molecule has 0 bridgehead atoms. The van der Waals surface area contributed by atoms with Crippen LogP contribution in [0, 0.1) is 6.92 Å². The van der Waals surface area contributed by atoms with Gasteiger partial charge in [-0.25, -0.2) is 0 Å². The number of hydrogen-bond acceptors (Lipinski definition) is 3. The van der Waals surface area contributed by atoms with Gasteiger partial charge in [-0.15, -0.1) is 0 Å². The molecule has 5 nitrogen and oxygen atoms in total. The largest absolute Gasteiger partial charge is 0.298 e. The van der Waals surface area contributed by atoms with Gasteiger partial charge in [-0.3, -0.25) is 14.2 Å². The monoisotopic (exact) mass is 204 g/mol. The van der Waals surface area contributed by atoms with Crippen LogP contribution in [0.4, 0.5) is 0 Å². The van der Waals surface area contributed by atoms with Gasteiger partial charge in [0.05, 0.1) is 11.3 Å². The predicted octanol–water partition coefficient (Wildman–Crippen LogP) is 0.942. The fourth-order valence-corrected chi connectivity index (χ4v) is 1.63. The van der Waals surface area contributed by atoms with E-state index < -0.39 is 0 Å². The van der Waals surface area contributed by atoms with Gasteiger partial charge in [0, 0.05) is 32.1 Å². The Morgan fingerprint density at radius 2 is 1.87 bits per heavy atom. The van der Waals surface area contributed by atoms with E-state index in [1.165, 1.54) is 0 Å². The summed E-state index contributed by atoms with van der Waals surface area (Å²) in [5, 5.41) is 8.48. The summed E-state index contributed by atoms with van der Waals surface area (Å²) in [4.78, 5) is 10.9. The average molecular weight is 204 g/mol. The summed E-state index contributed by atoms with van der Waals surface area (Å²) in [7, 11) is 3.64. The molecule has 0 aliphatic heterocycles. The van der Waals surface area contributed by atoms with Gasteiger partial charge in [0.15, 0.2) is 6.29 Å². The van der Waals surface area contributed by atoms with Crippen molar-refractivity contribution < 1.29 is 4.79 Å². The van der Waals surface area contributed by atoms with Crippen molar-refractivity contribution in [2.45, 2.75) is 6.92 Å². The van der Waals surface area contributed by atoms with E-state index in [4.69, 9.17) is 0 Å². The lowest BCUT2D eigenvalue weighted by Gasteiger charge is -1.93. The molecule has 2 aromatic heterocycles. The molecule has 0 saturated carbocycles. The molecule has 78 valence electrons. The molecule has 0 aliphatic carbocycles. The first-order valence-corrected chi connectivity index (χ1v) is 4.61. The maximum atomic E-state index is 10.9. The number of aromatic nitrogens is 4. The first kappa shape index (κ1) is 9.64. The lowest BCUT2D eigenvalue weighted by Crippen LogP contribution is -1.88. The Labute approximate surface area is 87.3 Å². The summed E-state index contributed by atoms with van der Waals surface area (Å²) in [6.07, 6.45) is 4.38. The van der Waals surface area contributed by atoms with Crippen LogP contribution in [0.15, 0.2) is 12.4 Å². The SMILES string of the molecule is Cc1nn(C)cc1-c1nn(C)cc1C=O. The second-order valence-corrected chi connectivity index (χ2v) is 3.53. The molecule has 0 spiro atoms. The predicted molar refractivity (Wildman–Crippen MR) is 55.5 cm³/mol. The Morgan fingerprint density at radius 1 is 1.20 bits per heavy atom. The van der Waals surface area contributed by atoms with Crippen LogP contribution in [0.25, 0.3) is 11.3 Å². The number of nitrogens with zero attached hydrogens (tertiary/aromatic N) is 4. The highest BCUT2D eigenvalue weighted by atomic mass is 16.1. The van der Waals surface area contributed by atoms with E-state index in [1.807, 2.05) is 20.2 Å². The van der Waals surface area contributed by atoms with Crippen molar-refractivity contribution in [3.05, 3.63) is 23.7 Å². The summed E-state index contributed by atoms with van der Waals surface area (Å²) in [5.74, 6) is 0. The van der Waals surface area contributed by atoms with Crippen LogP contribution in [-0.4, -0.2) is 25.8 Å². The minimum Gasteiger partial charge on any atom is -0.298 e. The third-order valence-corrected chi connectivity index (χ3v) is 2.25. The van der Waals surface area contributed by atoms with Gasteiger partial charge in [0.25, 0.3) is 0 Å². The van der Waals surface area contributed by atoms with Crippen LogP contribution < -0.4 is 0 Å². The van der Waals surface area contributed by atoms with Crippen LogP contribution in [0.5, 0.6) is 0 Å². The van der Waals surface area contributed by atoms with Crippen molar-refractivity contribution in [2.75, 3.05) is 0 Å². The van der Waals surface area contributed by atoms with Gasteiger partial charge < -0.3 is 0 Å². The fraction of sp³-hybridized carbons (Fsp3) is 0.300. The zero-order chi connectivity index (χ0) is 11.0. The number of carbonyl (C=O) groups excluding carboxylic acids is 1. The molecule has 0 atom stereocenters. The minimum atomic E-state index is 0.591. The van der Waals surface area contributed by atoms with Crippen molar-refractivity contribution in [1.29, 1.82) is 0 Å². The van der Waals surface area contributed by atoms with Crippen molar-refractivity contribution >= 4 is 6.29 Å². The second kappa shape index (κ2) is 3.34. The van der Waals surface area contributed by atoms with Crippen LogP contribution in [0.2, 0.25) is 0 Å². The number of aryl methyl sites for hydroxylation is 3. The molecule has 0 unspecified atom stereocenters. The highest BCUT2D eigenvalue weighted by Gasteiger charge is 2.13. The van der Waals surface area contributed by atoms with Crippen molar-refractivity contribution in [1.82, 2.24) is 19.6 Å². The fourth-order valence-electron chi connectivity index (χ4n) is 1.63. The molecule has 0 aliphatic rings. The third-order valence-electron chi connectivity index (χ3n) is 2.25. The van der Waals surface area contributed by atoms with E-state index in [-0.39, 0.29) is 0 Å². The number of aldehydes is 1. The first-order valence-electron chi connectivity index (χ1n) is 4.61. The molecular formula is C10H12N4O. The minimum absolute atomic E-state index is 0.591. The zero-order valence-corrected chi connectivity index (χ0v) is 8.93. The van der Waals surface area contributed by atoms with Crippen LogP contribution in [0.3, 0.4) is 0 Å². The summed E-state index contributed by atoms with van der Waals surface area (Å²) in [5.41, 5.74) is 3.06. The molecule has 0 fully saturated rings. The van der Waals surface area contributed by atoms with Gasteiger partial charge in [0.1, 0.15) is 5.69 Å². The van der Waals surface area contributed by atoms with E-state index in [2.05, 4.69) is 10.2 Å². The summed E-state index contributed by atoms with van der Waals surface area (Å²) in [6.45, 7) is 1.90. The van der Waals surface area contributed by atoms with Crippen molar-refractivity contribution in [2.24, 2.45) is 14.1 Å². The second-order valence-electron chi connectivity index (χ2n) is 3.53. The van der Waals surface area contributed by atoms with E-state index in [1.54, 1.807) is 22.6 Å². The molecule has 2 rings (SSSR count). The summed E-state index contributed by atoms with van der Waals surface area (Å²) < 4.78 is 3.35. The highest BCUT2D eigenvalue weighted by molar-refractivity contribution is 5.85. The van der Waals surface area contributed by atoms with E-state index in [0.717, 1.165) is 17.5 Å². The Morgan fingerprint density at radius 3 is 2.40 bits per heavy atom. The zero-order valence-electron chi connectivity index (χ0n) is 8.93. The lowest BCUT2D eigenvalue weighted by atomic mass is 10.1. The molecule has 2 heterocycles. The molecule has 5 heteroatoms. The van der Waals surface area contributed by atoms with E-state index >= 15 is 0 Å². The standard InChI is InChI=1S/C10H12N4O/c1-7-9(5-14(3)11-7)10-8(6-15)4-13(2)12-10/h4-6H,1-3H3. The normalized spacial score (nSPS) is 10.6. The Balaban J connectivity index is 2.62. The Kier molecular flexibility index (Phi) is 2.15. The third kappa shape index (κ3) is 1.56. The first-order chi connectivity index (χ1) is 7.11. The van der Waals surface area contributed by atoms with E-state index in [0.29, 0.717) is 11.3 Å². The van der Waals surface area contributed by atoms with Gasteiger partial charge in [0.2, 0.25) is 0 Å². The average Bonchev–Trinajstić information content (AvgIpc) is 2.69. The molecule has 0 radical (unpaired) electrons. The molecule has 0 aromatic carbocycles.